The number of nitrogens with one attached hydrogen (secondary N) is 1. The molecule has 2 atom stereocenters. The summed E-state index contributed by atoms with van der Waals surface area (Å²) in [6, 6.07) is 41.6. The zero-order chi connectivity index (χ0) is 33.3. The number of hydrogen-bond acceptors (Lipinski definition) is 7. The Kier molecular flexibility index (Phi) is 8.45. The van der Waals surface area contributed by atoms with Crippen molar-refractivity contribution in [2.45, 2.75) is 28.8 Å². The van der Waals surface area contributed by atoms with Gasteiger partial charge in [-0.3, -0.25) is 14.5 Å². The number of furan rings is 1. The quantitative estimate of drug-likeness (QED) is 0.123. The number of β-lactam (4-membered cyclic amide) rings is 1. The molecule has 8 rings (SSSR count). The summed E-state index contributed by atoms with van der Waals surface area (Å²) in [5, 5.41) is 4.46. The van der Waals surface area contributed by atoms with Gasteiger partial charge in [-0.2, -0.15) is 0 Å². The van der Waals surface area contributed by atoms with Gasteiger partial charge in [0, 0.05) is 26.3 Å². The van der Waals surface area contributed by atoms with Gasteiger partial charge in [-0.15, -0.1) is 11.8 Å². The number of fused-ring (bicyclic) bond motifs is 4. The largest absolute Gasteiger partial charge is 0.456 e. The Morgan fingerprint density at radius 1 is 0.816 bits per heavy atom. The molecule has 9 heteroatoms. The van der Waals surface area contributed by atoms with E-state index in [1.54, 1.807) is 0 Å². The maximum absolute atomic E-state index is 14.4. The first-order valence-corrected chi connectivity index (χ1v) is 17.8. The van der Waals surface area contributed by atoms with Crippen molar-refractivity contribution in [3.8, 4) is 0 Å². The first-order chi connectivity index (χ1) is 24.0. The van der Waals surface area contributed by atoms with Crippen molar-refractivity contribution in [2.75, 3.05) is 5.75 Å². The van der Waals surface area contributed by atoms with E-state index in [-0.39, 0.29) is 23.9 Å². The van der Waals surface area contributed by atoms with E-state index in [1.807, 2.05) is 127 Å². The molecule has 2 aliphatic rings. The second-order valence-electron chi connectivity index (χ2n) is 11.9. The zero-order valence-corrected chi connectivity index (χ0v) is 27.8. The molecule has 5 aromatic carbocycles. The average Bonchev–Trinajstić information content (AvgIpc) is 3.51. The normalized spacial score (nSPS) is 17.2. The maximum Gasteiger partial charge on any atom is 0.356 e. The molecule has 0 unspecified atom stereocenters. The fourth-order valence-corrected chi connectivity index (χ4v) is 8.83. The summed E-state index contributed by atoms with van der Waals surface area (Å²) >= 11 is 2.97. The highest BCUT2D eigenvalue weighted by molar-refractivity contribution is 8.06. The highest BCUT2D eigenvalue weighted by Gasteiger charge is 2.54. The van der Waals surface area contributed by atoms with Crippen molar-refractivity contribution in [3.63, 3.8) is 0 Å². The Hall–Kier alpha value is -5.25. The van der Waals surface area contributed by atoms with Gasteiger partial charge in [0.2, 0.25) is 5.91 Å². The van der Waals surface area contributed by atoms with E-state index in [9.17, 15) is 14.4 Å². The predicted molar refractivity (Wildman–Crippen MR) is 193 cm³/mol. The third kappa shape index (κ3) is 6.11. The maximum atomic E-state index is 14.4. The number of amides is 2. The number of hydrogen-bond donors (Lipinski definition) is 1. The molecule has 0 saturated carbocycles. The Morgan fingerprint density at radius 2 is 1.45 bits per heavy atom. The van der Waals surface area contributed by atoms with E-state index in [0.717, 1.165) is 43.5 Å². The van der Waals surface area contributed by atoms with E-state index in [1.165, 1.54) is 28.4 Å². The average molecular weight is 683 g/mol. The summed E-state index contributed by atoms with van der Waals surface area (Å²) in [6.45, 7) is 0. The molecule has 1 aromatic heterocycles. The molecule has 0 radical (unpaired) electrons. The molecule has 0 aliphatic carbocycles. The van der Waals surface area contributed by atoms with Gasteiger partial charge in [-0.25, -0.2) is 4.79 Å². The highest BCUT2D eigenvalue weighted by atomic mass is 32.2. The van der Waals surface area contributed by atoms with Gasteiger partial charge < -0.3 is 14.5 Å². The van der Waals surface area contributed by atoms with Crippen LogP contribution in [-0.2, 0) is 25.5 Å². The lowest BCUT2D eigenvalue weighted by Crippen LogP contribution is -2.70. The molecule has 49 heavy (non-hydrogen) atoms. The van der Waals surface area contributed by atoms with Gasteiger partial charge in [0.1, 0.15) is 28.3 Å². The second kappa shape index (κ2) is 13.3. The van der Waals surface area contributed by atoms with Crippen molar-refractivity contribution in [1.29, 1.82) is 0 Å². The van der Waals surface area contributed by atoms with Crippen LogP contribution in [0.1, 0.15) is 22.8 Å². The predicted octanol–water partition coefficient (Wildman–Crippen LogP) is 7.87. The topological polar surface area (TPSA) is 88.9 Å². The van der Waals surface area contributed by atoms with E-state index >= 15 is 0 Å². The first-order valence-electron chi connectivity index (χ1n) is 15.9. The smallest absolute Gasteiger partial charge is 0.356 e. The van der Waals surface area contributed by atoms with Crippen molar-refractivity contribution in [3.05, 3.63) is 161 Å². The number of para-hydroxylation sites is 1. The summed E-state index contributed by atoms with van der Waals surface area (Å²) in [5.41, 5.74) is 4.28. The SMILES string of the molecule is O=C(Cc1ccccc1)N[C@@H]1C(=O)N2C(C(=O)OC(c3ccccc3)c3ccccc3)=C(Sc3ccc4oc5ccccc5c4c3)CS[C@H]12. The van der Waals surface area contributed by atoms with Gasteiger partial charge in [0.15, 0.2) is 6.10 Å². The molecule has 2 amide bonds. The number of carbonyl (C=O) groups is 3. The minimum atomic E-state index is -0.747. The number of thioether (sulfide) groups is 2. The third-order valence-corrected chi connectivity index (χ3v) is 11.2. The van der Waals surface area contributed by atoms with Crippen LogP contribution in [0.25, 0.3) is 21.9 Å². The Labute approximate surface area is 291 Å². The molecular formula is C40H30N2O5S2. The third-order valence-electron chi connectivity index (χ3n) is 8.67. The van der Waals surface area contributed by atoms with Crippen molar-refractivity contribution in [1.82, 2.24) is 10.2 Å². The van der Waals surface area contributed by atoms with Crippen molar-refractivity contribution < 1.29 is 23.5 Å². The van der Waals surface area contributed by atoms with Gasteiger partial charge >= 0.3 is 5.97 Å². The lowest BCUT2D eigenvalue weighted by molar-refractivity contribution is -0.154. The number of rotatable bonds is 9. The lowest BCUT2D eigenvalue weighted by Gasteiger charge is -2.49. The molecular weight excluding hydrogens is 653 g/mol. The van der Waals surface area contributed by atoms with Gasteiger partial charge in [-0.1, -0.05) is 121 Å². The van der Waals surface area contributed by atoms with Crippen LogP contribution in [0.4, 0.5) is 0 Å². The van der Waals surface area contributed by atoms with Crippen molar-refractivity contribution in [2.24, 2.45) is 0 Å². The van der Waals surface area contributed by atoms with Crippen LogP contribution in [0.2, 0.25) is 0 Å². The molecule has 7 nitrogen and oxygen atoms in total. The van der Waals surface area contributed by atoms with Crippen LogP contribution in [-0.4, -0.2) is 39.9 Å². The molecule has 1 N–H and O–H groups in total. The molecule has 6 aromatic rings. The molecule has 0 bridgehead atoms. The van der Waals surface area contributed by atoms with Gasteiger partial charge in [0.25, 0.3) is 5.91 Å². The molecule has 1 saturated heterocycles. The second-order valence-corrected chi connectivity index (χ2v) is 14.1. The summed E-state index contributed by atoms with van der Waals surface area (Å²) in [4.78, 5) is 44.4. The fourth-order valence-electron chi connectivity index (χ4n) is 6.32. The molecule has 2 aliphatic heterocycles. The minimum absolute atomic E-state index is 0.162. The fraction of sp³-hybridized carbons (Fsp3) is 0.125. The number of benzene rings is 5. The molecule has 3 heterocycles. The number of esters is 1. The minimum Gasteiger partial charge on any atom is -0.456 e. The van der Waals surface area contributed by atoms with E-state index in [2.05, 4.69) is 11.4 Å². The number of carbonyl (C=O) groups excluding carboxylic acids is 3. The van der Waals surface area contributed by atoms with Crippen molar-refractivity contribution >= 4 is 63.2 Å². The molecule has 1 fully saturated rings. The van der Waals surface area contributed by atoms with Crippen LogP contribution >= 0.6 is 23.5 Å². The molecule has 0 spiro atoms. The van der Waals surface area contributed by atoms with Gasteiger partial charge in [-0.05, 0) is 41.0 Å². The summed E-state index contributed by atoms with van der Waals surface area (Å²) in [5.74, 6) is -0.717. The first kappa shape index (κ1) is 31.0. The van der Waals surface area contributed by atoms with Crippen LogP contribution in [0.5, 0.6) is 0 Å². The Morgan fingerprint density at radius 3 is 2.16 bits per heavy atom. The molecule has 242 valence electrons. The summed E-state index contributed by atoms with van der Waals surface area (Å²) in [6.07, 6.45) is -0.525. The van der Waals surface area contributed by atoms with Crippen LogP contribution in [0.3, 0.4) is 0 Å². The zero-order valence-electron chi connectivity index (χ0n) is 26.2. The van der Waals surface area contributed by atoms with Crippen LogP contribution in [0, 0.1) is 0 Å². The van der Waals surface area contributed by atoms with E-state index < -0.39 is 23.5 Å². The summed E-state index contributed by atoms with van der Waals surface area (Å²) < 4.78 is 12.4. The monoisotopic (exact) mass is 682 g/mol. The highest BCUT2D eigenvalue weighted by Crippen LogP contribution is 2.47. The standard InChI is InChI=1S/C40H30N2O5S2/c43-34(22-25-12-4-1-5-13-25)41-35-38(44)42-36(40(45)47-37(26-14-6-2-7-15-26)27-16-8-3-9-17-27)33(24-48-39(35)42)49-28-20-21-32-30(23-28)29-18-10-11-19-31(29)46-32/h1-21,23,35,37,39H,22,24H2,(H,41,43)/t35-,39-/m1/s1. The van der Waals surface area contributed by atoms with E-state index in [0.29, 0.717) is 10.7 Å². The number of nitrogens with zero attached hydrogens (tertiary/aromatic N) is 1. The van der Waals surface area contributed by atoms with E-state index in [4.69, 9.17) is 9.15 Å². The Balaban J connectivity index is 1.13. The number of ether oxygens (including phenoxy) is 1. The van der Waals surface area contributed by atoms with Crippen LogP contribution in [0.15, 0.2) is 153 Å². The van der Waals surface area contributed by atoms with Crippen LogP contribution < -0.4 is 5.32 Å². The van der Waals surface area contributed by atoms with Gasteiger partial charge in [0.05, 0.1) is 6.42 Å². The Bertz CT molecular complexity index is 2180. The lowest BCUT2D eigenvalue weighted by atomic mass is 10.0. The summed E-state index contributed by atoms with van der Waals surface area (Å²) in [7, 11) is 0.